The van der Waals surface area contributed by atoms with Gasteiger partial charge in [-0.3, -0.25) is 0 Å². The number of rotatable bonds is 9. The van der Waals surface area contributed by atoms with Gasteiger partial charge >= 0.3 is 0 Å². The highest BCUT2D eigenvalue weighted by Gasteiger charge is 2.16. The van der Waals surface area contributed by atoms with E-state index in [1.807, 2.05) is 0 Å². The van der Waals surface area contributed by atoms with E-state index in [0.717, 1.165) is 19.2 Å². The van der Waals surface area contributed by atoms with Crippen molar-refractivity contribution in [2.24, 2.45) is 0 Å². The second-order valence-electron chi connectivity index (χ2n) is 4.48. The molecule has 0 aliphatic carbocycles. The molecule has 0 spiro atoms. The van der Waals surface area contributed by atoms with Crippen LogP contribution in [-0.4, -0.2) is 51.1 Å². The van der Waals surface area contributed by atoms with E-state index < -0.39 is 9.84 Å². The Bertz CT molecular complexity index is 472. The van der Waals surface area contributed by atoms with Crippen molar-refractivity contribution in [2.45, 2.75) is 31.6 Å². The molecule has 0 amide bonds. The summed E-state index contributed by atoms with van der Waals surface area (Å²) in [6.07, 6.45) is 2.67. The molecule has 0 saturated heterocycles. The summed E-state index contributed by atoms with van der Waals surface area (Å²) in [6.45, 7) is 3.48. The first-order valence-corrected chi connectivity index (χ1v) is 8.22. The SMILES string of the molecule is CCCNC(COC)Cc1nc(CS(C)(=O)=O)no1. The van der Waals surface area contributed by atoms with Crippen molar-refractivity contribution in [3.8, 4) is 0 Å². The van der Waals surface area contributed by atoms with Gasteiger partial charge in [0.15, 0.2) is 15.7 Å². The molecule has 8 heteroatoms. The molecule has 0 aromatic carbocycles. The fourth-order valence-corrected chi connectivity index (χ4v) is 2.20. The van der Waals surface area contributed by atoms with Crippen molar-refractivity contribution in [2.75, 3.05) is 26.5 Å². The highest BCUT2D eigenvalue weighted by molar-refractivity contribution is 7.89. The fraction of sp³-hybridized carbons (Fsp3) is 0.818. The van der Waals surface area contributed by atoms with Gasteiger partial charge in [0.25, 0.3) is 0 Å². The summed E-state index contributed by atoms with van der Waals surface area (Å²) in [6, 6.07) is 0.0801. The third kappa shape index (κ3) is 6.65. The van der Waals surface area contributed by atoms with Crippen molar-refractivity contribution < 1.29 is 17.7 Å². The van der Waals surface area contributed by atoms with Crippen LogP contribution >= 0.6 is 0 Å². The fourth-order valence-electron chi connectivity index (χ4n) is 1.62. The molecule has 1 aromatic heterocycles. The molecular formula is C11H21N3O4S. The highest BCUT2D eigenvalue weighted by atomic mass is 32.2. The van der Waals surface area contributed by atoms with Crippen molar-refractivity contribution in [3.63, 3.8) is 0 Å². The standard InChI is InChI=1S/C11H21N3O4S/c1-4-5-12-9(7-17-2)6-11-13-10(14-18-11)8-19(3,15)16/h9,12H,4-8H2,1-3H3. The number of hydrogen-bond acceptors (Lipinski definition) is 7. The smallest absolute Gasteiger partial charge is 0.228 e. The minimum absolute atomic E-state index is 0.0801. The van der Waals surface area contributed by atoms with Crippen LogP contribution in [0, 0.1) is 0 Å². The molecule has 1 N–H and O–H groups in total. The maximum Gasteiger partial charge on any atom is 0.228 e. The first-order valence-electron chi connectivity index (χ1n) is 6.16. The Balaban J connectivity index is 2.59. The molecule has 1 unspecified atom stereocenters. The van der Waals surface area contributed by atoms with Crippen LogP contribution in [-0.2, 0) is 26.7 Å². The van der Waals surface area contributed by atoms with Crippen molar-refractivity contribution in [1.82, 2.24) is 15.5 Å². The van der Waals surface area contributed by atoms with E-state index >= 15 is 0 Å². The zero-order chi connectivity index (χ0) is 14.3. The zero-order valence-electron chi connectivity index (χ0n) is 11.5. The van der Waals surface area contributed by atoms with Gasteiger partial charge in [-0.25, -0.2) is 8.42 Å². The molecule has 110 valence electrons. The average molecular weight is 291 g/mol. The summed E-state index contributed by atoms with van der Waals surface area (Å²) in [7, 11) is -1.51. The van der Waals surface area contributed by atoms with Crippen LogP contribution in [0.2, 0.25) is 0 Å². The van der Waals surface area contributed by atoms with Crippen LogP contribution in [0.4, 0.5) is 0 Å². The predicted octanol–water partition coefficient (Wildman–Crippen LogP) is 0.171. The van der Waals surface area contributed by atoms with Gasteiger partial charge in [0.2, 0.25) is 5.89 Å². The molecule has 0 fully saturated rings. The largest absolute Gasteiger partial charge is 0.383 e. The topological polar surface area (TPSA) is 94.3 Å². The lowest BCUT2D eigenvalue weighted by Gasteiger charge is -2.15. The maximum absolute atomic E-state index is 11.1. The van der Waals surface area contributed by atoms with E-state index in [-0.39, 0.29) is 17.6 Å². The first kappa shape index (κ1) is 16.1. The number of nitrogens with one attached hydrogen (secondary N) is 1. The average Bonchev–Trinajstić information content (AvgIpc) is 2.71. The Morgan fingerprint density at radius 3 is 2.79 bits per heavy atom. The van der Waals surface area contributed by atoms with Gasteiger partial charge in [-0.05, 0) is 13.0 Å². The van der Waals surface area contributed by atoms with Crippen molar-refractivity contribution in [3.05, 3.63) is 11.7 Å². The van der Waals surface area contributed by atoms with E-state index in [9.17, 15) is 8.42 Å². The van der Waals surface area contributed by atoms with Crippen LogP contribution in [0.1, 0.15) is 25.1 Å². The number of methoxy groups -OCH3 is 1. The van der Waals surface area contributed by atoms with Gasteiger partial charge in [-0.1, -0.05) is 12.1 Å². The molecular weight excluding hydrogens is 270 g/mol. The molecule has 0 aliphatic rings. The van der Waals surface area contributed by atoms with Crippen LogP contribution in [0.3, 0.4) is 0 Å². The van der Waals surface area contributed by atoms with E-state index in [0.29, 0.717) is 18.9 Å². The number of ether oxygens (including phenoxy) is 1. The van der Waals surface area contributed by atoms with Crippen LogP contribution in [0.5, 0.6) is 0 Å². The molecule has 1 heterocycles. The molecule has 7 nitrogen and oxygen atoms in total. The highest BCUT2D eigenvalue weighted by Crippen LogP contribution is 2.05. The van der Waals surface area contributed by atoms with Crippen LogP contribution in [0.25, 0.3) is 0 Å². The molecule has 1 aromatic rings. The van der Waals surface area contributed by atoms with Gasteiger partial charge in [0.1, 0.15) is 5.75 Å². The van der Waals surface area contributed by atoms with E-state index in [1.54, 1.807) is 7.11 Å². The summed E-state index contributed by atoms with van der Waals surface area (Å²) in [4.78, 5) is 4.07. The number of aromatic nitrogens is 2. The molecule has 0 bridgehead atoms. The molecule has 19 heavy (non-hydrogen) atoms. The Morgan fingerprint density at radius 1 is 1.47 bits per heavy atom. The van der Waals surface area contributed by atoms with Gasteiger partial charge in [-0.15, -0.1) is 0 Å². The van der Waals surface area contributed by atoms with E-state index in [2.05, 4.69) is 22.4 Å². The van der Waals surface area contributed by atoms with Crippen molar-refractivity contribution >= 4 is 9.84 Å². The minimum atomic E-state index is -3.14. The Labute approximate surface area is 113 Å². The molecule has 1 atom stereocenters. The van der Waals surface area contributed by atoms with Crippen molar-refractivity contribution in [1.29, 1.82) is 0 Å². The zero-order valence-corrected chi connectivity index (χ0v) is 12.4. The number of nitrogens with zero attached hydrogens (tertiary/aromatic N) is 2. The van der Waals surface area contributed by atoms with E-state index in [4.69, 9.17) is 9.26 Å². The Kier molecular flexibility index (Phi) is 6.40. The van der Waals surface area contributed by atoms with Gasteiger partial charge in [-0.2, -0.15) is 4.98 Å². The Hall–Kier alpha value is -0.990. The normalized spacial score (nSPS) is 13.6. The number of hydrogen-bond donors (Lipinski definition) is 1. The molecule has 1 rings (SSSR count). The second kappa shape index (κ2) is 7.56. The summed E-state index contributed by atoms with van der Waals surface area (Å²) >= 11 is 0. The molecule has 0 aliphatic heterocycles. The monoisotopic (exact) mass is 291 g/mol. The summed E-state index contributed by atoms with van der Waals surface area (Å²) in [5.74, 6) is 0.418. The molecule has 0 radical (unpaired) electrons. The minimum Gasteiger partial charge on any atom is -0.383 e. The van der Waals surface area contributed by atoms with E-state index in [1.165, 1.54) is 0 Å². The lowest BCUT2D eigenvalue weighted by atomic mass is 10.2. The lowest BCUT2D eigenvalue weighted by Crippen LogP contribution is -2.35. The second-order valence-corrected chi connectivity index (χ2v) is 6.63. The third-order valence-corrected chi connectivity index (χ3v) is 3.16. The van der Waals surface area contributed by atoms with Gasteiger partial charge in [0, 0.05) is 25.8 Å². The summed E-state index contributed by atoms with van der Waals surface area (Å²) in [5, 5.41) is 6.97. The first-order chi connectivity index (χ1) is 8.94. The maximum atomic E-state index is 11.1. The number of sulfone groups is 1. The predicted molar refractivity (Wildman–Crippen MR) is 70.5 cm³/mol. The quantitative estimate of drug-likeness (QED) is 0.693. The lowest BCUT2D eigenvalue weighted by molar-refractivity contribution is 0.161. The summed E-state index contributed by atoms with van der Waals surface area (Å²) in [5.41, 5.74) is 0. The molecule has 0 saturated carbocycles. The van der Waals surface area contributed by atoms with Crippen LogP contribution in [0.15, 0.2) is 4.52 Å². The Morgan fingerprint density at radius 2 is 2.21 bits per heavy atom. The third-order valence-electron chi connectivity index (χ3n) is 2.37. The summed E-state index contributed by atoms with van der Waals surface area (Å²) < 4.78 is 32.4. The van der Waals surface area contributed by atoms with Crippen LogP contribution < -0.4 is 5.32 Å². The van der Waals surface area contributed by atoms with Gasteiger partial charge < -0.3 is 14.6 Å². The van der Waals surface area contributed by atoms with Gasteiger partial charge in [0.05, 0.1) is 6.61 Å².